The van der Waals surface area contributed by atoms with E-state index in [1.807, 2.05) is 6.07 Å². The van der Waals surface area contributed by atoms with Gasteiger partial charge in [-0.2, -0.15) is 0 Å². The highest BCUT2D eigenvalue weighted by molar-refractivity contribution is 7.92. The number of primary amides is 1. The van der Waals surface area contributed by atoms with Crippen LogP contribution in [0.4, 0.5) is 11.4 Å². The summed E-state index contributed by atoms with van der Waals surface area (Å²) in [5.74, 6) is -0.621. The molecule has 172 valence electrons. The van der Waals surface area contributed by atoms with E-state index in [0.29, 0.717) is 17.1 Å². The van der Waals surface area contributed by atoms with Crippen molar-refractivity contribution in [3.05, 3.63) is 84.4 Å². The Morgan fingerprint density at radius 3 is 2.36 bits per heavy atom. The number of hydrogen-bond acceptors (Lipinski definition) is 5. The molecule has 2 amide bonds. The van der Waals surface area contributed by atoms with Crippen LogP contribution >= 0.6 is 0 Å². The summed E-state index contributed by atoms with van der Waals surface area (Å²) in [7, 11) is -3.88. The Balaban J connectivity index is 1.83. The van der Waals surface area contributed by atoms with Gasteiger partial charge in [-0.3, -0.25) is 13.9 Å². The van der Waals surface area contributed by atoms with Gasteiger partial charge in [0, 0.05) is 12.1 Å². The smallest absolute Gasteiger partial charge is 0.264 e. The van der Waals surface area contributed by atoms with Gasteiger partial charge >= 0.3 is 0 Å². The van der Waals surface area contributed by atoms with E-state index in [9.17, 15) is 18.0 Å². The molecule has 0 aliphatic heterocycles. The predicted molar refractivity (Wildman–Crippen MR) is 127 cm³/mol. The topological polar surface area (TPSA) is 119 Å². The van der Waals surface area contributed by atoms with Gasteiger partial charge in [0.05, 0.1) is 29.3 Å². The molecule has 9 heteroatoms. The highest BCUT2D eigenvalue weighted by Crippen LogP contribution is 2.26. The third-order valence-electron chi connectivity index (χ3n) is 4.76. The second kappa shape index (κ2) is 10.6. The van der Waals surface area contributed by atoms with Gasteiger partial charge in [0.15, 0.2) is 0 Å². The zero-order valence-corrected chi connectivity index (χ0v) is 18.9. The Labute approximate surface area is 193 Å². The Hall–Kier alpha value is -3.85. The van der Waals surface area contributed by atoms with Crippen molar-refractivity contribution in [2.45, 2.75) is 18.2 Å². The van der Waals surface area contributed by atoms with Gasteiger partial charge in [-0.1, -0.05) is 36.4 Å². The van der Waals surface area contributed by atoms with Crippen molar-refractivity contribution >= 4 is 33.2 Å². The summed E-state index contributed by atoms with van der Waals surface area (Å²) in [6.45, 7) is 2.05. The molecule has 0 spiro atoms. The SMILES string of the molecule is CCN(c1ccccc1)S(=O)(=O)c1cccc(C(=O)Nc2ccccc2OCCC(N)=O)c1. The minimum Gasteiger partial charge on any atom is -0.491 e. The van der Waals surface area contributed by atoms with Crippen LogP contribution in [0.1, 0.15) is 23.7 Å². The van der Waals surface area contributed by atoms with Gasteiger partial charge in [0.25, 0.3) is 15.9 Å². The molecule has 8 nitrogen and oxygen atoms in total. The molecule has 0 aliphatic rings. The first-order valence-corrected chi connectivity index (χ1v) is 11.8. The van der Waals surface area contributed by atoms with Gasteiger partial charge < -0.3 is 15.8 Å². The van der Waals surface area contributed by atoms with Crippen LogP contribution in [-0.2, 0) is 14.8 Å². The number of ether oxygens (including phenoxy) is 1. The van der Waals surface area contributed by atoms with Crippen molar-refractivity contribution in [3.63, 3.8) is 0 Å². The van der Waals surface area contributed by atoms with Crippen LogP contribution in [0.3, 0.4) is 0 Å². The summed E-state index contributed by atoms with van der Waals surface area (Å²) >= 11 is 0. The van der Waals surface area contributed by atoms with E-state index in [4.69, 9.17) is 10.5 Å². The number of carbonyl (C=O) groups excluding carboxylic acids is 2. The number of amides is 2. The molecule has 0 aromatic heterocycles. The summed E-state index contributed by atoms with van der Waals surface area (Å²) in [6.07, 6.45) is 0.0392. The molecule has 0 aliphatic carbocycles. The maximum absolute atomic E-state index is 13.3. The molecule has 3 rings (SSSR count). The van der Waals surface area contributed by atoms with Crippen LogP contribution in [-0.4, -0.2) is 33.4 Å². The van der Waals surface area contributed by atoms with Crippen LogP contribution in [0.25, 0.3) is 0 Å². The van der Waals surface area contributed by atoms with E-state index in [1.165, 1.54) is 28.6 Å². The summed E-state index contributed by atoms with van der Waals surface area (Å²) in [5.41, 5.74) is 6.23. The molecule has 3 N–H and O–H groups in total. The Bertz CT molecular complexity index is 1230. The fraction of sp³-hybridized carbons (Fsp3) is 0.167. The number of nitrogens with two attached hydrogens (primary N) is 1. The first kappa shape index (κ1) is 23.8. The highest BCUT2D eigenvalue weighted by atomic mass is 32.2. The van der Waals surface area contributed by atoms with E-state index >= 15 is 0 Å². The van der Waals surface area contributed by atoms with Crippen molar-refractivity contribution in [1.29, 1.82) is 0 Å². The van der Waals surface area contributed by atoms with Crippen LogP contribution in [0, 0.1) is 0 Å². The van der Waals surface area contributed by atoms with E-state index < -0.39 is 21.8 Å². The average molecular weight is 468 g/mol. The van der Waals surface area contributed by atoms with Crippen molar-refractivity contribution in [2.24, 2.45) is 5.73 Å². The molecule has 0 radical (unpaired) electrons. The molecule has 33 heavy (non-hydrogen) atoms. The van der Waals surface area contributed by atoms with Crippen molar-refractivity contribution in [1.82, 2.24) is 0 Å². The van der Waals surface area contributed by atoms with E-state index in [2.05, 4.69) is 5.32 Å². The molecule has 0 saturated heterocycles. The number of nitrogens with zero attached hydrogens (tertiary/aromatic N) is 1. The zero-order valence-electron chi connectivity index (χ0n) is 18.1. The molecule has 0 unspecified atom stereocenters. The summed E-state index contributed by atoms with van der Waals surface area (Å²) < 4.78 is 33.3. The summed E-state index contributed by atoms with van der Waals surface area (Å²) in [6, 6.07) is 21.4. The zero-order chi connectivity index (χ0) is 23.8. The fourth-order valence-corrected chi connectivity index (χ4v) is 4.68. The molecule has 0 bridgehead atoms. The number of hydrogen-bond donors (Lipinski definition) is 2. The van der Waals surface area contributed by atoms with Crippen LogP contribution in [0.15, 0.2) is 83.8 Å². The van der Waals surface area contributed by atoms with Crippen molar-refractivity contribution in [3.8, 4) is 5.75 Å². The number of rotatable bonds is 10. The quantitative estimate of drug-likeness (QED) is 0.474. The summed E-state index contributed by atoms with van der Waals surface area (Å²) in [5, 5.41) is 2.73. The standard InChI is InChI=1S/C24H25N3O5S/c1-2-27(19-10-4-3-5-11-19)33(30,31)20-12-8-9-18(17-20)24(29)26-21-13-6-7-14-22(21)32-16-15-23(25)28/h3-14,17H,2,15-16H2,1H3,(H2,25,28)(H,26,29). The normalized spacial score (nSPS) is 10.9. The lowest BCUT2D eigenvalue weighted by atomic mass is 10.2. The molecule has 0 saturated carbocycles. The molecule has 3 aromatic rings. The second-order valence-corrected chi connectivity index (χ2v) is 8.91. The molecule has 3 aromatic carbocycles. The Morgan fingerprint density at radius 2 is 1.67 bits per heavy atom. The van der Waals surface area contributed by atoms with E-state index in [-0.39, 0.29) is 30.0 Å². The number of anilines is 2. The molecule has 0 fully saturated rings. The Kier molecular flexibility index (Phi) is 7.68. The van der Waals surface area contributed by atoms with Gasteiger partial charge in [0.1, 0.15) is 5.75 Å². The minimum absolute atomic E-state index is 0.00634. The monoisotopic (exact) mass is 467 g/mol. The molecular formula is C24H25N3O5S. The number of benzene rings is 3. The number of carbonyl (C=O) groups is 2. The minimum atomic E-state index is -3.88. The third kappa shape index (κ3) is 5.89. The van der Waals surface area contributed by atoms with Crippen LogP contribution in [0.5, 0.6) is 5.75 Å². The lowest BCUT2D eigenvalue weighted by molar-refractivity contribution is -0.118. The predicted octanol–water partition coefficient (Wildman–Crippen LogP) is 3.41. The van der Waals surface area contributed by atoms with E-state index in [1.54, 1.807) is 55.5 Å². The molecule has 0 heterocycles. The first-order chi connectivity index (χ1) is 15.8. The average Bonchev–Trinajstić information content (AvgIpc) is 2.81. The summed E-state index contributed by atoms with van der Waals surface area (Å²) in [4.78, 5) is 23.8. The van der Waals surface area contributed by atoms with Crippen LogP contribution < -0.4 is 20.1 Å². The number of sulfonamides is 1. The van der Waals surface area contributed by atoms with E-state index in [0.717, 1.165) is 0 Å². The number of nitrogens with one attached hydrogen (secondary N) is 1. The second-order valence-electron chi connectivity index (χ2n) is 7.05. The highest BCUT2D eigenvalue weighted by Gasteiger charge is 2.24. The third-order valence-corrected chi connectivity index (χ3v) is 6.66. The van der Waals surface area contributed by atoms with Crippen molar-refractivity contribution in [2.75, 3.05) is 22.8 Å². The largest absolute Gasteiger partial charge is 0.491 e. The van der Waals surface area contributed by atoms with Gasteiger partial charge in [0.2, 0.25) is 5.91 Å². The Morgan fingerprint density at radius 1 is 0.970 bits per heavy atom. The lowest BCUT2D eigenvalue weighted by Gasteiger charge is -2.23. The first-order valence-electron chi connectivity index (χ1n) is 10.3. The maximum Gasteiger partial charge on any atom is 0.264 e. The van der Waals surface area contributed by atoms with Crippen molar-refractivity contribution < 1.29 is 22.7 Å². The molecule has 0 atom stereocenters. The van der Waals surface area contributed by atoms with Gasteiger partial charge in [-0.05, 0) is 49.4 Å². The molecular weight excluding hydrogens is 442 g/mol. The van der Waals surface area contributed by atoms with Crippen LogP contribution in [0.2, 0.25) is 0 Å². The van der Waals surface area contributed by atoms with Gasteiger partial charge in [-0.25, -0.2) is 8.42 Å². The number of para-hydroxylation sites is 3. The fourth-order valence-electron chi connectivity index (χ4n) is 3.16. The van der Waals surface area contributed by atoms with Gasteiger partial charge in [-0.15, -0.1) is 0 Å². The lowest BCUT2D eigenvalue weighted by Crippen LogP contribution is -2.31. The maximum atomic E-state index is 13.3.